The molecule has 6 nitrogen and oxygen atoms in total. The minimum Gasteiger partial charge on any atom is -0.493 e. The van der Waals surface area contributed by atoms with Gasteiger partial charge in [-0.2, -0.15) is 0 Å². The minimum absolute atomic E-state index is 0.0339. The zero-order valence-corrected chi connectivity index (χ0v) is 23.8. The van der Waals surface area contributed by atoms with E-state index in [9.17, 15) is 9.90 Å². The zero-order chi connectivity index (χ0) is 27.7. The molecule has 40 heavy (non-hydrogen) atoms. The van der Waals surface area contributed by atoms with E-state index in [2.05, 4.69) is 34.6 Å². The number of hydrogen-bond donors (Lipinski definition) is 2. The number of nitrogens with zero attached hydrogens (tertiary/aromatic N) is 1. The summed E-state index contributed by atoms with van der Waals surface area (Å²) in [5, 5.41) is 14.3. The van der Waals surface area contributed by atoms with Crippen molar-refractivity contribution in [1.29, 1.82) is 0 Å². The number of ether oxygens (including phenoxy) is 2. The summed E-state index contributed by atoms with van der Waals surface area (Å²) in [6, 6.07) is 18.3. The van der Waals surface area contributed by atoms with Crippen LogP contribution in [0.4, 0.5) is 5.69 Å². The van der Waals surface area contributed by atoms with Gasteiger partial charge in [0.25, 0.3) is 0 Å². The van der Waals surface area contributed by atoms with Crippen LogP contribution < -0.4 is 10.1 Å². The summed E-state index contributed by atoms with van der Waals surface area (Å²) in [6.45, 7) is 0.637. The summed E-state index contributed by atoms with van der Waals surface area (Å²) in [5.41, 5.74) is 4.80. The Balaban J connectivity index is 1.17. The van der Waals surface area contributed by atoms with Crippen LogP contribution in [0.1, 0.15) is 73.4 Å². The molecule has 0 amide bonds. The average Bonchev–Trinajstić information content (AvgIpc) is 3.50. The third-order valence-corrected chi connectivity index (χ3v) is 9.80. The second kappa shape index (κ2) is 11.1. The molecule has 2 N–H and O–H groups in total. The van der Waals surface area contributed by atoms with E-state index in [1.54, 1.807) is 6.20 Å². The van der Waals surface area contributed by atoms with Gasteiger partial charge in [0.1, 0.15) is 11.3 Å². The molecule has 210 valence electrons. The fourth-order valence-electron chi connectivity index (χ4n) is 7.55. The number of benzene rings is 2. The number of anilines is 1. The average molecular weight is 561 g/mol. The number of esters is 1. The van der Waals surface area contributed by atoms with E-state index in [0.29, 0.717) is 36.8 Å². The zero-order valence-electron chi connectivity index (χ0n) is 23.0. The SMILES string of the molecule is COC(=O)C1(Nc2cccc(Cl)c2)CCC2(CC1)c1ccccc1CC2CCCOc1ccnc2c1CCC2O. The van der Waals surface area contributed by atoms with Crippen molar-refractivity contribution < 1.29 is 19.4 Å². The molecule has 1 saturated carbocycles. The van der Waals surface area contributed by atoms with Crippen LogP contribution in [-0.2, 0) is 27.8 Å². The van der Waals surface area contributed by atoms with Crippen molar-refractivity contribution in [2.45, 2.75) is 74.8 Å². The van der Waals surface area contributed by atoms with Crippen LogP contribution in [0, 0.1) is 5.92 Å². The Morgan fingerprint density at radius 2 is 1.95 bits per heavy atom. The van der Waals surface area contributed by atoms with E-state index >= 15 is 0 Å². The molecule has 1 heterocycles. The van der Waals surface area contributed by atoms with Gasteiger partial charge in [-0.05, 0) is 105 Å². The van der Waals surface area contributed by atoms with Crippen molar-refractivity contribution in [2.24, 2.45) is 5.92 Å². The highest BCUT2D eigenvalue weighted by atomic mass is 35.5. The summed E-state index contributed by atoms with van der Waals surface area (Å²) >= 11 is 6.25. The van der Waals surface area contributed by atoms with Gasteiger partial charge in [0.15, 0.2) is 0 Å². The van der Waals surface area contributed by atoms with Gasteiger partial charge in [0.05, 0.1) is 25.5 Å². The van der Waals surface area contributed by atoms with E-state index in [0.717, 1.165) is 61.2 Å². The molecule has 1 fully saturated rings. The first kappa shape index (κ1) is 27.1. The number of halogens is 1. The Morgan fingerprint density at radius 3 is 2.75 bits per heavy atom. The monoisotopic (exact) mass is 560 g/mol. The lowest BCUT2D eigenvalue weighted by Gasteiger charge is -2.47. The van der Waals surface area contributed by atoms with Crippen molar-refractivity contribution in [1.82, 2.24) is 4.98 Å². The maximum atomic E-state index is 13.2. The first-order chi connectivity index (χ1) is 19.4. The molecule has 3 aliphatic rings. The molecule has 0 aliphatic heterocycles. The molecule has 2 aromatic carbocycles. The Labute approximate surface area is 241 Å². The number of pyridine rings is 1. The molecular weight excluding hydrogens is 524 g/mol. The molecule has 7 heteroatoms. The molecule has 0 bridgehead atoms. The number of methoxy groups -OCH3 is 1. The van der Waals surface area contributed by atoms with Crippen LogP contribution in [0.2, 0.25) is 5.02 Å². The standard InChI is InChI=1S/C33H37ClN2O4/c1-39-31(38)33(36-25-9-4-8-24(34)21-25)16-14-32(15-17-33)23(20-22-6-2-3-10-27(22)32)7-5-19-40-29-13-18-35-30-26(29)11-12-28(30)37/h2-4,6,8-10,13,18,21,23,28,36-37H,5,7,11-12,14-17,19-20H2,1H3. The van der Waals surface area contributed by atoms with Gasteiger partial charge in [0, 0.05) is 22.5 Å². The Kier molecular flexibility index (Phi) is 7.49. The molecule has 0 radical (unpaired) electrons. The van der Waals surface area contributed by atoms with Crippen LogP contribution in [0.3, 0.4) is 0 Å². The van der Waals surface area contributed by atoms with Gasteiger partial charge >= 0.3 is 5.97 Å². The van der Waals surface area contributed by atoms with Crippen LogP contribution in [0.25, 0.3) is 0 Å². The van der Waals surface area contributed by atoms with Crippen LogP contribution in [0.5, 0.6) is 5.75 Å². The fraction of sp³-hybridized carbons (Fsp3) is 0.455. The highest BCUT2D eigenvalue weighted by Gasteiger charge is 2.54. The Morgan fingerprint density at radius 1 is 1.12 bits per heavy atom. The van der Waals surface area contributed by atoms with Crippen molar-refractivity contribution in [3.05, 3.63) is 88.2 Å². The Bertz CT molecular complexity index is 1380. The topological polar surface area (TPSA) is 80.7 Å². The predicted molar refractivity (Wildman–Crippen MR) is 156 cm³/mol. The number of hydrogen-bond acceptors (Lipinski definition) is 6. The minimum atomic E-state index is -0.776. The number of aromatic nitrogens is 1. The molecular formula is C33H37ClN2O4. The third kappa shape index (κ3) is 4.86. The van der Waals surface area contributed by atoms with Gasteiger partial charge in [-0.3, -0.25) is 4.98 Å². The predicted octanol–water partition coefficient (Wildman–Crippen LogP) is 6.58. The van der Waals surface area contributed by atoms with Crippen molar-refractivity contribution in [3.8, 4) is 5.75 Å². The normalized spacial score (nSPS) is 26.8. The van der Waals surface area contributed by atoms with E-state index in [1.165, 1.54) is 18.2 Å². The van der Waals surface area contributed by atoms with Crippen LogP contribution >= 0.6 is 11.6 Å². The molecule has 2 unspecified atom stereocenters. The van der Waals surface area contributed by atoms with Crippen molar-refractivity contribution >= 4 is 23.3 Å². The van der Waals surface area contributed by atoms with E-state index in [1.807, 2.05) is 30.3 Å². The first-order valence-corrected chi connectivity index (χ1v) is 14.8. The molecule has 3 aliphatic carbocycles. The lowest BCUT2D eigenvalue weighted by Crippen LogP contribution is -2.53. The number of carbonyl (C=O) groups is 1. The van der Waals surface area contributed by atoms with Crippen molar-refractivity contribution in [2.75, 3.05) is 19.0 Å². The smallest absolute Gasteiger partial charge is 0.331 e. The lowest BCUT2D eigenvalue weighted by molar-refractivity contribution is -0.148. The molecule has 1 aromatic heterocycles. The fourth-order valence-corrected chi connectivity index (χ4v) is 7.75. The van der Waals surface area contributed by atoms with E-state index < -0.39 is 11.6 Å². The highest BCUT2D eigenvalue weighted by Crippen LogP contribution is 2.56. The highest BCUT2D eigenvalue weighted by molar-refractivity contribution is 6.30. The maximum absolute atomic E-state index is 13.2. The molecule has 3 aromatic rings. The second-order valence-corrected chi connectivity index (χ2v) is 12.1. The summed E-state index contributed by atoms with van der Waals surface area (Å²) in [5.74, 6) is 1.13. The van der Waals surface area contributed by atoms with Crippen LogP contribution in [0.15, 0.2) is 60.8 Å². The van der Waals surface area contributed by atoms with Gasteiger partial charge in [-0.15, -0.1) is 0 Å². The molecule has 0 saturated heterocycles. The lowest BCUT2D eigenvalue weighted by atomic mass is 9.60. The quantitative estimate of drug-likeness (QED) is 0.239. The molecule has 1 spiro atoms. The summed E-state index contributed by atoms with van der Waals surface area (Å²) in [6.07, 6.45) is 9.04. The largest absolute Gasteiger partial charge is 0.493 e. The number of rotatable bonds is 8. The van der Waals surface area contributed by atoms with Gasteiger partial charge < -0.3 is 19.9 Å². The number of fused-ring (bicyclic) bond motifs is 3. The summed E-state index contributed by atoms with van der Waals surface area (Å²) < 4.78 is 11.6. The Hall–Kier alpha value is -3.09. The van der Waals surface area contributed by atoms with Crippen LogP contribution in [-0.4, -0.2) is 35.3 Å². The number of aliphatic hydroxyl groups excluding tert-OH is 1. The second-order valence-electron chi connectivity index (χ2n) is 11.6. The van der Waals surface area contributed by atoms with Gasteiger partial charge in [0.2, 0.25) is 0 Å². The van der Waals surface area contributed by atoms with E-state index in [-0.39, 0.29) is 11.4 Å². The van der Waals surface area contributed by atoms with E-state index in [4.69, 9.17) is 21.1 Å². The number of nitrogens with one attached hydrogen (secondary N) is 1. The number of carbonyl (C=O) groups excluding carboxylic acids is 1. The van der Waals surface area contributed by atoms with Gasteiger partial charge in [-0.25, -0.2) is 4.79 Å². The number of aliphatic hydroxyl groups is 1. The first-order valence-electron chi connectivity index (χ1n) is 14.4. The summed E-state index contributed by atoms with van der Waals surface area (Å²) in [4.78, 5) is 17.6. The maximum Gasteiger partial charge on any atom is 0.331 e. The van der Waals surface area contributed by atoms with Crippen molar-refractivity contribution in [3.63, 3.8) is 0 Å². The third-order valence-electron chi connectivity index (χ3n) is 9.57. The molecule has 6 rings (SSSR count). The summed E-state index contributed by atoms with van der Waals surface area (Å²) in [7, 11) is 1.47. The van der Waals surface area contributed by atoms with Gasteiger partial charge in [-0.1, -0.05) is 41.9 Å². The molecule has 2 atom stereocenters.